The Hall–Kier alpha value is -1.36. The minimum atomic E-state index is -4.38. The van der Waals surface area contributed by atoms with Gasteiger partial charge in [0.2, 0.25) is 0 Å². The number of thiazole rings is 1. The van der Waals surface area contributed by atoms with Gasteiger partial charge in [-0.2, -0.15) is 13.2 Å². The van der Waals surface area contributed by atoms with Gasteiger partial charge in [0, 0.05) is 39.0 Å². The van der Waals surface area contributed by atoms with E-state index in [-0.39, 0.29) is 24.0 Å². The fourth-order valence-electron chi connectivity index (χ4n) is 2.15. The number of benzene rings is 1. The Kier molecular flexibility index (Phi) is 8.63. The molecule has 1 aromatic carbocycles. The molecule has 1 aromatic heterocycles. The Labute approximate surface area is 166 Å². The number of alkyl halides is 3. The van der Waals surface area contributed by atoms with E-state index in [0.29, 0.717) is 30.5 Å². The van der Waals surface area contributed by atoms with Gasteiger partial charge < -0.3 is 10.2 Å². The average molecular weight is 484 g/mol. The van der Waals surface area contributed by atoms with Gasteiger partial charge in [-0.15, -0.1) is 35.3 Å². The van der Waals surface area contributed by atoms with E-state index in [0.717, 1.165) is 22.3 Å². The van der Waals surface area contributed by atoms with Crippen LogP contribution in [-0.2, 0) is 19.1 Å². The lowest BCUT2D eigenvalue weighted by atomic mass is 10.2. The third-order valence-corrected chi connectivity index (χ3v) is 4.21. The monoisotopic (exact) mass is 484 g/mol. The van der Waals surface area contributed by atoms with Crippen LogP contribution in [0.2, 0.25) is 0 Å². The molecule has 0 aliphatic carbocycles. The van der Waals surface area contributed by atoms with E-state index in [2.05, 4.69) is 15.3 Å². The molecule has 2 aromatic rings. The van der Waals surface area contributed by atoms with Crippen LogP contribution < -0.4 is 5.32 Å². The predicted molar refractivity (Wildman–Crippen MR) is 106 cm³/mol. The molecule has 0 spiro atoms. The summed E-state index contributed by atoms with van der Waals surface area (Å²) in [5, 5.41) is 4.65. The van der Waals surface area contributed by atoms with Gasteiger partial charge in [0.1, 0.15) is 0 Å². The molecule has 0 fully saturated rings. The van der Waals surface area contributed by atoms with Crippen molar-refractivity contribution in [1.29, 1.82) is 0 Å². The molecular formula is C16H20F3IN4S. The third kappa shape index (κ3) is 6.81. The second kappa shape index (κ2) is 9.95. The Bertz CT molecular complexity index is 674. The van der Waals surface area contributed by atoms with Gasteiger partial charge in [0.05, 0.1) is 5.01 Å². The number of rotatable bonds is 5. The number of aromatic nitrogens is 1. The highest BCUT2D eigenvalue weighted by Crippen LogP contribution is 2.29. The lowest BCUT2D eigenvalue weighted by Crippen LogP contribution is -2.39. The van der Waals surface area contributed by atoms with Gasteiger partial charge >= 0.3 is 6.18 Å². The Morgan fingerprint density at radius 1 is 1.28 bits per heavy atom. The van der Waals surface area contributed by atoms with Gasteiger partial charge in [-0.1, -0.05) is 30.3 Å². The van der Waals surface area contributed by atoms with Gasteiger partial charge in [-0.3, -0.25) is 4.99 Å². The largest absolute Gasteiger partial charge is 0.434 e. The fourth-order valence-corrected chi connectivity index (χ4v) is 2.96. The number of nitrogens with one attached hydrogen (secondary N) is 1. The summed E-state index contributed by atoms with van der Waals surface area (Å²) in [5.74, 6) is 0.687. The van der Waals surface area contributed by atoms with Crippen molar-refractivity contribution in [3.8, 4) is 0 Å². The normalized spacial score (nSPS) is 11.8. The summed E-state index contributed by atoms with van der Waals surface area (Å²) in [5.41, 5.74) is 0.325. The number of guanidine groups is 1. The highest BCUT2D eigenvalue weighted by atomic mass is 127. The molecule has 0 saturated heterocycles. The van der Waals surface area contributed by atoms with Crippen LogP contribution >= 0.6 is 35.3 Å². The van der Waals surface area contributed by atoms with Crippen LogP contribution in [0.1, 0.15) is 16.3 Å². The molecule has 1 N–H and O–H groups in total. The maximum Gasteiger partial charge on any atom is 0.434 e. The van der Waals surface area contributed by atoms with Crippen LogP contribution in [0, 0.1) is 0 Å². The molecule has 25 heavy (non-hydrogen) atoms. The van der Waals surface area contributed by atoms with E-state index in [1.54, 1.807) is 7.05 Å². The second-order valence-electron chi connectivity index (χ2n) is 5.19. The molecule has 1 heterocycles. The first-order chi connectivity index (χ1) is 11.4. The van der Waals surface area contributed by atoms with Gasteiger partial charge in [0.25, 0.3) is 0 Å². The summed E-state index contributed by atoms with van der Waals surface area (Å²) in [6.45, 7) is 1.16. The van der Waals surface area contributed by atoms with Crippen molar-refractivity contribution in [1.82, 2.24) is 15.2 Å². The predicted octanol–water partition coefficient (Wildman–Crippen LogP) is 4.03. The van der Waals surface area contributed by atoms with Crippen LogP contribution in [0.15, 0.2) is 40.7 Å². The molecule has 4 nitrogen and oxygen atoms in total. The van der Waals surface area contributed by atoms with E-state index in [1.165, 1.54) is 0 Å². The number of hydrogen-bond donors (Lipinski definition) is 1. The summed E-state index contributed by atoms with van der Waals surface area (Å²) >= 11 is 1.02. The van der Waals surface area contributed by atoms with E-state index >= 15 is 0 Å². The molecule has 0 amide bonds. The minimum Gasteiger partial charge on any atom is -0.356 e. The van der Waals surface area contributed by atoms with E-state index in [4.69, 9.17) is 0 Å². The molecule has 0 unspecified atom stereocenters. The van der Waals surface area contributed by atoms with E-state index < -0.39 is 11.9 Å². The highest BCUT2D eigenvalue weighted by molar-refractivity contribution is 14.0. The van der Waals surface area contributed by atoms with Crippen LogP contribution in [-0.4, -0.2) is 36.5 Å². The molecule has 0 aliphatic rings. The zero-order chi connectivity index (χ0) is 17.6. The van der Waals surface area contributed by atoms with Crippen molar-refractivity contribution >= 4 is 41.3 Å². The van der Waals surface area contributed by atoms with Crippen LogP contribution in [0.5, 0.6) is 0 Å². The molecular weight excluding hydrogens is 464 g/mol. The molecule has 0 aliphatic heterocycles. The van der Waals surface area contributed by atoms with Crippen molar-refractivity contribution in [2.24, 2.45) is 4.99 Å². The smallest absolute Gasteiger partial charge is 0.356 e. The zero-order valence-electron chi connectivity index (χ0n) is 13.9. The van der Waals surface area contributed by atoms with Crippen molar-refractivity contribution < 1.29 is 13.2 Å². The summed E-state index contributed by atoms with van der Waals surface area (Å²) < 4.78 is 37.6. The lowest BCUT2D eigenvalue weighted by Gasteiger charge is -2.22. The minimum absolute atomic E-state index is 0. The average Bonchev–Trinajstić information content (AvgIpc) is 3.01. The van der Waals surface area contributed by atoms with Gasteiger partial charge in [0.15, 0.2) is 11.7 Å². The van der Waals surface area contributed by atoms with Gasteiger partial charge in [-0.05, 0) is 5.56 Å². The summed E-state index contributed by atoms with van der Waals surface area (Å²) in [4.78, 5) is 9.77. The van der Waals surface area contributed by atoms with E-state index in [1.807, 2.05) is 42.3 Å². The van der Waals surface area contributed by atoms with Crippen molar-refractivity contribution in [3.63, 3.8) is 0 Å². The number of hydrogen-bond acceptors (Lipinski definition) is 3. The molecule has 9 heteroatoms. The fraction of sp³-hybridized carbons (Fsp3) is 0.375. The Balaban J connectivity index is 0.00000312. The molecule has 138 valence electrons. The topological polar surface area (TPSA) is 40.5 Å². The number of nitrogens with zero attached hydrogens (tertiary/aromatic N) is 3. The Morgan fingerprint density at radius 3 is 2.52 bits per heavy atom. The quantitative estimate of drug-likeness (QED) is 0.396. The first-order valence-corrected chi connectivity index (χ1v) is 8.25. The molecule has 0 radical (unpaired) electrons. The summed E-state index contributed by atoms with van der Waals surface area (Å²) in [6.07, 6.45) is -3.97. The lowest BCUT2D eigenvalue weighted by molar-refractivity contribution is -0.140. The summed E-state index contributed by atoms with van der Waals surface area (Å²) in [7, 11) is 3.59. The molecule has 2 rings (SSSR count). The summed E-state index contributed by atoms with van der Waals surface area (Å²) in [6, 6.07) is 9.95. The number of halogens is 4. The van der Waals surface area contributed by atoms with Crippen LogP contribution in [0.25, 0.3) is 0 Å². The van der Waals surface area contributed by atoms with Crippen molar-refractivity contribution in [2.45, 2.75) is 19.1 Å². The molecule has 0 atom stereocenters. The van der Waals surface area contributed by atoms with Crippen molar-refractivity contribution in [2.75, 3.05) is 20.6 Å². The first kappa shape index (κ1) is 21.7. The third-order valence-electron chi connectivity index (χ3n) is 3.30. The first-order valence-electron chi connectivity index (χ1n) is 7.37. The van der Waals surface area contributed by atoms with Crippen molar-refractivity contribution in [3.05, 3.63) is 52.0 Å². The van der Waals surface area contributed by atoms with Crippen LogP contribution in [0.4, 0.5) is 13.2 Å². The maximum absolute atomic E-state index is 12.5. The standard InChI is InChI=1S/C16H19F3N4S.HI/c1-20-15(23(2)10-12-6-4-3-5-7-12)21-9-8-14-22-13(11-24-14)16(17,18)19;/h3-7,11H,8-10H2,1-2H3,(H,20,21);1H. The number of aliphatic imine (C=N–C) groups is 1. The zero-order valence-corrected chi connectivity index (χ0v) is 17.0. The molecule has 0 bridgehead atoms. The SMILES string of the molecule is CN=C(NCCc1nc(C(F)(F)F)cs1)N(C)Cc1ccccc1.I. The Morgan fingerprint density at radius 2 is 1.96 bits per heavy atom. The van der Waals surface area contributed by atoms with Gasteiger partial charge in [-0.25, -0.2) is 4.98 Å². The maximum atomic E-state index is 12.5. The second-order valence-corrected chi connectivity index (χ2v) is 6.13. The van der Waals surface area contributed by atoms with Crippen LogP contribution in [0.3, 0.4) is 0 Å². The highest BCUT2D eigenvalue weighted by Gasteiger charge is 2.33. The molecule has 0 saturated carbocycles. The van der Waals surface area contributed by atoms with E-state index in [9.17, 15) is 13.2 Å².